The van der Waals surface area contributed by atoms with Crippen LogP contribution in [0.4, 0.5) is 4.79 Å². The third-order valence-electron chi connectivity index (χ3n) is 4.69. The quantitative estimate of drug-likeness (QED) is 0.701. The third-order valence-corrected chi connectivity index (χ3v) is 4.69. The minimum atomic E-state index is -0.545. The van der Waals surface area contributed by atoms with Gasteiger partial charge < -0.3 is 24.2 Å². The van der Waals surface area contributed by atoms with Crippen molar-refractivity contribution in [3.63, 3.8) is 0 Å². The van der Waals surface area contributed by atoms with Crippen molar-refractivity contribution < 1.29 is 18.8 Å². The molecule has 1 aliphatic heterocycles. The molecule has 3 aromatic rings. The third kappa shape index (κ3) is 4.20. The molecular weight excluding hydrogens is 386 g/mol. The van der Waals surface area contributed by atoms with Gasteiger partial charge in [-0.2, -0.15) is 4.98 Å². The van der Waals surface area contributed by atoms with Gasteiger partial charge in [0.05, 0.1) is 18.7 Å². The second-order valence-corrected chi connectivity index (χ2v) is 8.13. The highest BCUT2D eigenvalue weighted by Crippen LogP contribution is 2.31. The number of ether oxygens (including phenoxy) is 2. The zero-order valence-corrected chi connectivity index (χ0v) is 17.5. The maximum absolute atomic E-state index is 12.4. The van der Waals surface area contributed by atoms with Crippen molar-refractivity contribution in [3.05, 3.63) is 36.2 Å². The molecule has 9 nitrogen and oxygen atoms in total. The monoisotopic (exact) mass is 411 g/mol. The van der Waals surface area contributed by atoms with Gasteiger partial charge >= 0.3 is 6.09 Å². The number of nitrogens with zero attached hydrogens (tertiary/aromatic N) is 4. The summed E-state index contributed by atoms with van der Waals surface area (Å²) in [5, 5.41) is 8.40. The molecule has 9 heteroatoms. The van der Waals surface area contributed by atoms with E-state index in [1.165, 1.54) is 0 Å². The molecule has 1 N–H and O–H groups in total. The summed E-state index contributed by atoms with van der Waals surface area (Å²) in [5.41, 5.74) is 0.894. The molecule has 1 atom stereocenters. The molecule has 0 bridgehead atoms. The van der Waals surface area contributed by atoms with Gasteiger partial charge in [0.25, 0.3) is 5.89 Å². The summed E-state index contributed by atoms with van der Waals surface area (Å²) < 4.78 is 16.4. The maximum atomic E-state index is 12.4. The highest BCUT2D eigenvalue weighted by molar-refractivity contribution is 5.84. The number of hydrogen-bond acceptors (Lipinski definition) is 8. The molecule has 1 aliphatic rings. The molecule has 3 heterocycles. The van der Waals surface area contributed by atoms with Gasteiger partial charge in [-0.15, -0.1) is 0 Å². The standard InChI is InChI=1S/C21H25N5O4/c1-21(2,3)29-20(27)26-10-9-22-16(12-26)17-24-19(30-25-17)14-11-13-7-5-6-8-15(13)23-18(14)28-4/h5-8,11,16,22H,9-10,12H2,1-4H3/t16-/m0/s1. The number of methoxy groups -OCH3 is 1. The number of carbonyl (C=O) groups excluding carboxylic acids is 1. The smallest absolute Gasteiger partial charge is 0.410 e. The Bertz CT molecular complexity index is 1060. The van der Waals surface area contributed by atoms with E-state index < -0.39 is 5.60 Å². The van der Waals surface area contributed by atoms with Crippen LogP contribution in [-0.2, 0) is 4.74 Å². The predicted molar refractivity (Wildman–Crippen MR) is 110 cm³/mol. The summed E-state index contributed by atoms with van der Waals surface area (Å²) in [6.45, 7) is 7.09. The number of amides is 1. The fourth-order valence-electron chi connectivity index (χ4n) is 3.31. The number of carbonyl (C=O) groups is 1. The lowest BCUT2D eigenvalue weighted by Crippen LogP contribution is -2.50. The van der Waals surface area contributed by atoms with Crippen molar-refractivity contribution in [2.45, 2.75) is 32.4 Å². The lowest BCUT2D eigenvalue weighted by atomic mass is 10.1. The fraction of sp³-hybridized carbons (Fsp3) is 0.429. The van der Waals surface area contributed by atoms with Crippen LogP contribution in [0.1, 0.15) is 32.6 Å². The van der Waals surface area contributed by atoms with Crippen LogP contribution in [0.2, 0.25) is 0 Å². The molecular formula is C21H25N5O4. The molecule has 0 radical (unpaired) electrons. The zero-order chi connectivity index (χ0) is 21.3. The molecule has 0 unspecified atom stereocenters. The van der Waals surface area contributed by atoms with Crippen LogP contribution >= 0.6 is 0 Å². The van der Waals surface area contributed by atoms with Crippen LogP contribution < -0.4 is 10.1 Å². The average Bonchev–Trinajstić information content (AvgIpc) is 3.22. The van der Waals surface area contributed by atoms with E-state index in [0.717, 1.165) is 10.9 Å². The first-order valence-electron chi connectivity index (χ1n) is 9.83. The lowest BCUT2D eigenvalue weighted by Gasteiger charge is -2.33. The van der Waals surface area contributed by atoms with Crippen LogP contribution in [-0.4, -0.2) is 58.5 Å². The van der Waals surface area contributed by atoms with Crippen molar-refractivity contribution in [2.75, 3.05) is 26.7 Å². The Labute approximate surface area is 174 Å². The Morgan fingerprint density at radius 2 is 2.07 bits per heavy atom. The molecule has 1 amide bonds. The minimum Gasteiger partial charge on any atom is -0.480 e. The van der Waals surface area contributed by atoms with Crippen molar-refractivity contribution in [2.24, 2.45) is 0 Å². The maximum Gasteiger partial charge on any atom is 0.410 e. The molecule has 0 spiro atoms. The van der Waals surface area contributed by atoms with Gasteiger partial charge in [-0.25, -0.2) is 9.78 Å². The van der Waals surface area contributed by atoms with Crippen molar-refractivity contribution >= 4 is 17.0 Å². The topological polar surface area (TPSA) is 103 Å². The number of pyridine rings is 1. The highest BCUT2D eigenvalue weighted by Gasteiger charge is 2.31. The SMILES string of the molecule is COc1nc2ccccc2cc1-c1nc([C@@H]2CN(C(=O)OC(C)(C)C)CCN2)no1. The van der Waals surface area contributed by atoms with Gasteiger partial charge in [0.2, 0.25) is 5.88 Å². The first-order valence-corrected chi connectivity index (χ1v) is 9.83. The molecule has 0 aliphatic carbocycles. The lowest BCUT2D eigenvalue weighted by molar-refractivity contribution is 0.0191. The number of fused-ring (bicyclic) bond motifs is 1. The number of benzene rings is 1. The summed E-state index contributed by atoms with van der Waals surface area (Å²) in [7, 11) is 1.55. The Morgan fingerprint density at radius 3 is 2.83 bits per heavy atom. The summed E-state index contributed by atoms with van der Waals surface area (Å²) in [4.78, 5) is 23.1. The van der Waals surface area contributed by atoms with E-state index >= 15 is 0 Å². The molecule has 0 saturated carbocycles. The van der Waals surface area contributed by atoms with Gasteiger partial charge in [-0.3, -0.25) is 0 Å². The Kier molecular flexibility index (Phi) is 5.29. The minimum absolute atomic E-state index is 0.261. The van der Waals surface area contributed by atoms with E-state index in [0.29, 0.717) is 42.8 Å². The second kappa shape index (κ2) is 7.91. The molecule has 2 aromatic heterocycles. The van der Waals surface area contributed by atoms with Gasteiger partial charge in [-0.05, 0) is 32.9 Å². The average molecular weight is 411 g/mol. The van der Waals surface area contributed by atoms with Gasteiger partial charge in [0.1, 0.15) is 11.2 Å². The number of nitrogens with one attached hydrogen (secondary N) is 1. The largest absolute Gasteiger partial charge is 0.480 e. The van der Waals surface area contributed by atoms with E-state index in [1.54, 1.807) is 12.0 Å². The van der Waals surface area contributed by atoms with Crippen molar-refractivity contribution in [3.8, 4) is 17.3 Å². The summed E-state index contributed by atoms with van der Waals surface area (Å²) in [6, 6.07) is 9.39. The van der Waals surface area contributed by atoms with Gasteiger partial charge in [-0.1, -0.05) is 23.4 Å². The summed E-state index contributed by atoms with van der Waals surface area (Å²) in [6.07, 6.45) is -0.349. The van der Waals surface area contributed by atoms with E-state index in [1.807, 2.05) is 51.1 Å². The molecule has 1 fully saturated rings. The predicted octanol–water partition coefficient (Wildman–Crippen LogP) is 3.17. The van der Waals surface area contributed by atoms with Crippen LogP contribution in [0.3, 0.4) is 0 Å². The van der Waals surface area contributed by atoms with Crippen LogP contribution in [0.25, 0.3) is 22.4 Å². The first kappa shape index (κ1) is 20.1. The van der Waals surface area contributed by atoms with E-state index in [4.69, 9.17) is 14.0 Å². The fourth-order valence-corrected chi connectivity index (χ4v) is 3.31. The van der Waals surface area contributed by atoms with E-state index in [9.17, 15) is 4.79 Å². The molecule has 1 aromatic carbocycles. The van der Waals surface area contributed by atoms with Gasteiger partial charge in [0.15, 0.2) is 5.82 Å². The number of para-hydroxylation sites is 1. The zero-order valence-electron chi connectivity index (χ0n) is 17.5. The molecule has 4 rings (SSSR count). The molecule has 30 heavy (non-hydrogen) atoms. The number of hydrogen-bond donors (Lipinski definition) is 1. The normalized spacial score (nSPS) is 17.2. The molecule has 158 valence electrons. The van der Waals surface area contributed by atoms with E-state index in [2.05, 4.69) is 20.4 Å². The second-order valence-electron chi connectivity index (χ2n) is 8.13. The highest BCUT2D eigenvalue weighted by atomic mass is 16.6. The number of piperazine rings is 1. The molecule has 1 saturated heterocycles. The Hall–Kier alpha value is -3.20. The Balaban J connectivity index is 1.57. The summed E-state index contributed by atoms with van der Waals surface area (Å²) >= 11 is 0. The van der Waals surface area contributed by atoms with Crippen LogP contribution in [0.5, 0.6) is 5.88 Å². The number of rotatable bonds is 3. The van der Waals surface area contributed by atoms with Gasteiger partial charge in [0, 0.05) is 25.0 Å². The van der Waals surface area contributed by atoms with Crippen molar-refractivity contribution in [1.29, 1.82) is 0 Å². The van der Waals surface area contributed by atoms with Crippen LogP contribution in [0.15, 0.2) is 34.9 Å². The first-order chi connectivity index (χ1) is 14.3. The van der Waals surface area contributed by atoms with Crippen molar-refractivity contribution in [1.82, 2.24) is 25.3 Å². The van der Waals surface area contributed by atoms with Crippen LogP contribution in [0, 0.1) is 0 Å². The number of aromatic nitrogens is 3. The Morgan fingerprint density at radius 1 is 1.27 bits per heavy atom. The summed E-state index contributed by atoms with van der Waals surface area (Å²) in [5.74, 6) is 1.20. The van der Waals surface area contributed by atoms with E-state index in [-0.39, 0.29) is 12.1 Å².